The number of imidazole rings is 1. The molecular formula is C14H16BrN7O. The highest BCUT2D eigenvalue weighted by Crippen LogP contribution is 2.35. The molecule has 0 unspecified atom stereocenters. The molecule has 3 aromatic heterocycles. The first-order valence-electron chi connectivity index (χ1n) is 7.63. The van der Waals surface area contributed by atoms with E-state index in [4.69, 9.17) is 4.52 Å². The SMILES string of the molecule is CCCCCN1c2nc(Br)[nH]c2Cn2c(-c3ccon3)nnc21. The summed E-state index contributed by atoms with van der Waals surface area (Å²) >= 11 is 3.43. The second-order valence-corrected chi connectivity index (χ2v) is 6.23. The first-order valence-corrected chi connectivity index (χ1v) is 8.43. The van der Waals surface area contributed by atoms with Gasteiger partial charge in [0, 0.05) is 12.6 Å². The second-order valence-electron chi connectivity index (χ2n) is 5.48. The topological polar surface area (TPSA) is 88.7 Å². The Labute approximate surface area is 141 Å². The molecule has 0 fully saturated rings. The van der Waals surface area contributed by atoms with Crippen LogP contribution in [0.3, 0.4) is 0 Å². The molecule has 3 aromatic rings. The van der Waals surface area contributed by atoms with Crippen molar-refractivity contribution in [2.24, 2.45) is 0 Å². The fourth-order valence-electron chi connectivity index (χ4n) is 2.84. The number of unbranched alkanes of at least 4 members (excludes halogenated alkanes) is 2. The van der Waals surface area contributed by atoms with E-state index >= 15 is 0 Å². The Morgan fingerprint density at radius 2 is 2.26 bits per heavy atom. The molecule has 4 heterocycles. The van der Waals surface area contributed by atoms with Crippen molar-refractivity contribution in [2.45, 2.75) is 32.7 Å². The van der Waals surface area contributed by atoms with Gasteiger partial charge in [-0.2, -0.15) is 0 Å². The normalized spacial score (nSPS) is 13.2. The van der Waals surface area contributed by atoms with Crippen LogP contribution < -0.4 is 4.90 Å². The third-order valence-corrected chi connectivity index (χ3v) is 4.30. The van der Waals surface area contributed by atoms with Crippen LogP contribution in [-0.4, -0.2) is 36.4 Å². The number of fused-ring (bicyclic) bond motifs is 2. The molecule has 8 nitrogen and oxygen atoms in total. The molecule has 0 radical (unpaired) electrons. The zero-order valence-corrected chi connectivity index (χ0v) is 14.2. The molecule has 4 rings (SSSR count). The maximum absolute atomic E-state index is 4.94. The minimum atomic E-state index is 0.628. The lowest BCUT2D eigenvalue weighted by Crippen LogP contribution is -2.28. The molecule has 0 aromatic carbocycles. The van der Waals surface area contributed by atoms with E-state index < -0.39 is 0 Å². The minimum absolute atomic E-state index is 0.628. The predicted octanol–water partition coefficient (Wildman–Crippen LogP) is 3.11. The minimum Gasteiger partial charge on any atom is -0.364 e. The summed E-state index contributed by atoms with van der Waals surface area (Å²) in [5.74, 6) is 2.41. The number of anilines is 2. The summed E-state index contributed by atoms with van der Waals surface area (Å²) in [6.07, 6.45) is 4.95. The quantitative estimate of drug-likeness (QED) is 0.687. The average Bonchev–Trinajstić information content (AvgIpc) is 3.24. The van der Waals surface area contributed by atoms with E-state index in [1.54, 1.807) is 6.07 Å². The fourth-order valence-corrected chi connectivity index (χ4v) is 3.25. The lowest BCUT2D eigenvalue weighted by molar-refractivity contribution is 0.421. The van der Waals surface area contributed by atoms with Gasteiger partial charge in [0.25, 0.3) is 0 Å². The maximum atomic E-state index is 4.94. The van der Waals surface area contributed by atoms with Crippen LogP contribution >= 0.6 is 15.9 Å². The molecule has 0 spiro atoms. The van der Waals surface area contributed by atoms with Crippen LogP contribution in [0.25, 0.3) is 11.5 Å². The number of aromatic amines is 1. The number of aromatic nitrogens is 6. The number of H-pyrrole nitrogens is 1. The first kappa shape index (κ1) is 14.4. The van der Waals surface area contributed by atoms with E-state index in [1.165, 1.54) is 19.1 Å². The van der Waals surface area contributed by atoms with Gasteiger partial charge < -0.3 is 9.51 Å². The van der Waals surface area contributed by atoms with Gasteiger partial charge in [-0.15, -0.1) is 10.2 Å². The molecule has 0 aliphatic carbocycles. The lowest BCUT2D eigenvalue weighted by Gasteiger charge is -2.27. The molecule has 0 bridgehead atoms. The van der Waals surface area contributed by atoms with Gasteiger partial charge in [-0.1, -0.05) is 24.9 Å². The van der Waals surface area contributed by atoms with Crippen LogP contribution in [0.2, 0.25) is 0 Å². The zero-order valence-electron chi connectivity index (χ0n) is 12.7. The first-order chi connectivity index (χ1) is 11.3. The number of nitrogens with one attached hydrogen (secondary N) is 1. The van der Waals surface area contributed by atoms with Gasteiger partial charge in [-0.25, -0.2) is 4.98 Å². The highest BCUT2D eigenvalue weighted by atomic mass is 79.9. The van der Waals surface area contributed by atoms with Crippen molar-refractivity contribution < 1.29 is 4.52 Å². The van der Waals surface area contributed by atoms with Gasteiger partial charge in [0.05, 0.1) is 12.2 Å². The molecule has 9 heteroatoms. The summed E-state index contributed by atoms with van der Waals surface area (Å²) in [7, 11) is 0. The largest absolute Gasteiger partial charge is 0.364 e. The van der Waals surface area contributed by atoms with Crippen molar-refractivity contribution in [3.05, 3.63) is 22.8 Å². The second kappa shape index (κ2) is 5.80. The Hall–Kier alpha value is -2.16. The van der Waals surface area contributed by atoms with E-state index in [1.807, 2.05) is 4.57 Å². The Morgan fingerprint density at radius 3 is 3.04 bits per heavy atom. The molecule has 1 aliphatic heterocycles. The van der Waals surface area contributed by atoms with Gasteiger partial charge in [0.2, 0.25) is 5.95 Å². The van der Waals surface area contributed by atoms with E-state index in [0.717, 1.165) is 35.2 Å². The third-order valence-electron chi connectivity index (χ3n) is 3.92. The summed E-state index contributed by atoms with van der Waals surface area (Å²) in [6.45, 7) is 3.68. The monoisotopic (exact) mass is 377 g/mol. The van der Waals surface area contributed by atoms with E-state index in [-0.39, 0.29) is 0 Å². The summed E-state index contributed by atoms with van der Waals surface area (Å²) in [6, 6.07) is 1.79. The lowest BCUT2D eigenvalue weighted by atomic mass is 10.2. The Morgan fingerprint density at radius 1 is 1.35 bits per heavy atom. The van der Waals surface area contributed by atoms with Crippen LogP contribution in [0, 0.1) is 0 Å². The summed E-state index contributed by atoms with van der Waals surface area (Å²) in [4.78, 5) is 9.94. The molecule has 0 amide bonds. The highest BCUT2D eigenvalue weighted by molar-refractivity contribution is 9.10. The standard InChI is InChI=1S/C14H16BrN7O/c1-2-3-4-6-21-11-10(16-13(15)17-11)8-22-12(18-19-14(21)22)9-5-7-23-20-9/h5,7H,2-4,6,8H2,1H3,(H,16,17). The Bertz CT molecular complexity index is 807. The Balaban J connectivity index is 1.75. The fraction of sp³-hybridized carbons (Fsp3) is 0.429. The number of halogens is 1. The van der Waals surface area contributed by atoms with Crippen LogP contribution in [0.4, 0.5) is 11.8 Å². The van der Waals surface area contributed by atoms with Crippen LogP contribution in [0.15, 0.2) is 21.6 Å². The molecule has 120 valence electrons. The van der Waals surface area contributed by atoms with Crippen molar-refractivity contribution in [1.29, 1.82) is 0 Å². The van der Waals surface area contributed by atoms with E-state index in [9.17, 15) is 0 Å². The van der Waals surface area contributed by atoms with Crippen LogP contribution in [-0.2, 0) is 6.54 Å². The molecule has 1 N–H and O–H groups in total. The van der Waals surface area contributed by atoms with Gasteiger partial charge in [-0.3, -0.25) is 9.47 Å². The van der Waals surface area contributed by atoms with Gasteiger partial charge in [0.1, 0.15) is 6.26 Å². The van der Waals surface area contributed by atoms with Crippen molar-refractivity contribution in [3.8, 4) is 11.5 Å². The summed E-state index contributed by atoms with van der Waals surface area (Å²) in [5.41, 5.74) is 1.71. The maximum Gasteiger partial charge on any atom is 0.233 e. The van der Waals surface area contributed by atoms with Gasteiger partial charge in [0.15, 0.2) is 22.1 Å². The van der Waals surface area contributed by atoms with E-state index in [2.05, 4.69) is 53.1 Å². The number of rotatable bonds is 5. The van der Waals surface area contributed by atoms with Crippen molar-refractivity contribution in [3.63, 3.8) is 0 Å². The van der Waals surface area contributed by atoms with E-state index in [0.29, 0.717) is 18.1 Å². The summed E-state index contributed by atoms with van der Waals surface area (Å²) in [5, 5.41) is 12.6. The number of hydrogen-bond donors (Lipinski definition) is 1. The molecule has 0 saturated carbocycles. The molecule has 1 aliphatic rings. The van der Waals surface area contributed by atoms with Crippen molar-refractivity contribution >= 4 is 27.7 Å². The third kappa shape index (κ3) is 2.44. The van der Waals surface area contributed by atoms with Gasteiger partial charge in [-0.05, 0) is 22.4 Å². The Kier molecular flexibility index (Phi) is 3.64. The smallest absolute Gasteiger partial charge is 0.233 e. The summed E-state index contributed by atoms with van der Waals surface area (Å²) < 4.78 is 7.70. The highest BCUT2D eigenvalue weighted by Gasteiger charge is 2.30. The van der Waals surface area contributed by atoms with Crippen LogP contribution in [0.1, 0.15) is 31.9 Å². The van der Waals surface area contributed by atoms with Crippen molar-refractivity contribution in [2.75, 3.05) is 11.4 Å². The number of nitrogens with zero attached hydrogens (tertiary/aromatic N) is 6. The number of hydrogen-bond acceptors (Lipinski definition) is 6. The van der Waals surface area contributed by atoms with Crippen molar-refractivity contribution in [1.82, 2.24) is 29.9 Å². The zero-order chi connectivity index (χ0) is 15.8. The van der Waals surface area contributed by atoms with Gasteiger partial charge >= 0.3 is 0 Å². The predicted molar refractivity (Wildman–Crippen MR) is 87.4 cm³/mol. The molecule has 0 saturated heterocycles. The van der Waals surface area contributed by atoms with Crippen LogP contribution in [0.5, 0.6) is 0 Å². The molecular weight excluding hydrogens is 362 g/mol. The average molecular weight is 378 g/mol. The molecule has 23 heavy (non-hydrogen) atoms. The molecule has 0 atom stereocenters.